The van der Waals surface area contributed by atoms with Gasteiger partial charge in [0, 0.05) is 60.2 Å². The van der Waals surface area contributed by atoms with Crippen LogP contribution in [0.3, 0.4) is 0 Å². The Bertz CT molecular complexity index is 1770. The molecular formula is C44H72N4O6S2. The van der Waals surface area contributed by atoms with E-state index in [1.165, 1.54) is 0 Å². The summed E-state index contributed by atoms with van der Waals surface area (Å²) in [4.78, 5) is 4.32. The van der Waals surface area contributed by atoms with Gasteiger partial charge in [-0.2, -0.15) is 0 Å². The second-order valence-corrected chi connectivity index (χ2v) is 22.0. The van der Waals surface area contributed by atoms with Gasteiger partial charge in [0.05, 0.1) is 35.1 Å². The highest BCUT2D eigenvalue weighted by Gasteiger charge is 2.54. The van der Waals surface area contributed by atoms with Crippen LogP contribution in [0.25, 0.3) is 0 Å². The minimum absolute atomic E-state index is 0.00813. The second kappa shape index (κ2) is 17.4. The minimum Gasteiger partial charge on any atom is -0.392 e. The number of hydrogen-bond acceptors (Lipinski definition) is 8. The van der Waals surface area contributed by atoms with Crippen molar-refractivity contribution < 1.29 is 27.0 Å². The van der Waals surface area contributed by atoms with Gasteiger partial charge in [-0.25, -0.2) is 16.8 Å². The molecule has 4 N–H and O–H groups in total. The van der Waals surface area contributed by atoms with Crippen molar-refractivity contribution in [3.8, 4) is 0 Å². The smallest absolute Gasteiger partial charge is 0.232 e. The predicted octanol–water partition coefficient (Wildman–Crippen LogP) is 8.73. The summed E-state index contributed by atoms with van der Waals surface area (Å²) in [6.45, 7) is 17.3. The van der Waals surface area contributed by atoms with Crippen molar-refractivity contribution in [3.05, 3.63) is 46.5 Å². The molecule has 1 saturated carbocycles. The van der Waals surface area contributed by atoms with Crippen LogP contribution in [0.4, 0.5) is 22.7 Å². The maximum Gasteiger partial charge on any atom is 0.232 e. The molecule has 2 aliphatic heterocycles. The summed E-state index contributed by atoms with van der Waals surface area (Å²) >= 11 is 0. The number of anilines is 4. The van der Waals surface area contributed by atoms with Crippen molar-refractivity contribution in [2.75, 3.05) is 44.8 Å². The highest BCUT2D eigenvalue weighted by atomic mass is 32.2. The number of aliphatic hydroxyl groups is 2. The zero-order valence-electron chi connectivity index (χ0n) is 35.9. The number of aliphatic hydroxyl groups excluding tert-OH is 2. The zero-order chi connectivity index (χ0) is 41.4. The van der Waals surface area contributed by atoms with Crippen molar-refractivity contribution in [3.63, 3.8) is 0 Å². The molecule has 2 aromatic carbocycles. The maximum absolute atomic E-state index is 13.6. The van der Waals surface area contributed by atoms with Crippen LogP contribution in [0, 0.1) is 0 Å². The molecule has 0 amide bonds. The highest BCUT2D eigenvalue weighted by Crippen LogP contribution is 2.56. The van der Waals surface area contributed by atoms with Crippen molar-refractivity contribution in [1.29, 1.82) is 0 Å². The average Bonchev–Trinajstić information content (AvgIpc) is 3.39. The Morgan fingerprint density at radius 2 is 0.893 bits per heavy atom. The van der Waals surface area contributed by atoms with E-state index in [9.17, 15) is 27.0 Å². The fraction of sp³-hybridized carbons (Fsp3) is 0.727. The number of sulfonamides is 2. The second-order valence-electron chi connectivity index (χ2n) is 18.3. The number of likely N-dealkylation sites (N-methyl/N-ethyl adjacent to an activating group) is 2. The van der Waals surface area contributed by atoms with E-state index in [1.54, 1.807) is 0 Å². The van der Waals surface area contributed by atoms with Gasteiger partial charge in [0.2, 0.25) is 20.0 Å². The summed E-state index contributed by atoms with van der Waals surface area (Å²) in [6.07, 6.45) is 9.30. The quantitative estimate of drug-likeness (QED) is 0.0974. The largest absolute Gasteiger partial charge is 0.392 e. The van der Waals surface area contributed by atoms with Gasteiger partial charge in [-0.05, 0) is 61.1 Å². The van der Waals surface area contributed by atoms with Crippen molar-refractivity contribution >= 4 is 42.8 Å². The van der Waals surface area contributed by atoms with Gasteiger partial charge >= 0.3 is 0 Å². The topological polar surface area (TPSA) is 139 Å². The van der Waals surface area contributed by atoms with E-state index in [0.717, 1.165) is 86.7 Å². The van der Waals surface area contributed by atoms with Crippen LogP contribution >= 0.6 is 0 Å². The molecule has 56 heavy (non-hydrogen) atoms. The fourth-order valence-electron chi connectivity index (χ4n) is 9.41. The molecule has 2 aromatic rings. The first kappa shape index (κ1) is 44.6. The number of nitrogens with zero attached hydrogens (tertiary/aromatic N) is 2. The first-order chi connectivity index (χ1) is 26.2. The van der Waals surface area contributed by atoms with Gasteiger partial charge < -0.3 is 20.0 Å². The van der Waals surface area contributed by atoms with E-state index in [-0.39, 0.29) is 34.4 Å². The molecule has 2 unspecified atom stereocenters. The number of unbranched alkanes of at least 4 members (excludes halogenated alkanes) is 10. The van der Waals surface area contributed by atoms with E-state index in [1.807, 2.05) is 38.4 Å². The number of fused-ring (bicyclic) bond motifs is 2. The van der Waals surface area contributed by atoms with E-state index >= 15 is 0 Å². The van der Waals surface area contributed by atoms with Gasteiger partial charge in [0.1, 0.15) is 0 Å². The minimum atomic E-state index is -3.73. The summed E-state index contributed by atoms with van der Waals surface area (Å²) in [7, 11) is -3.44. The van der Waals surface area contributed by atoms with E-state index in [2.05, 4.69) is 74.6 Å². The first-order valence-electron chi connectivity index (χ1n) is 21.4. The van der Waals surface area contributed by atoms with Crippen LogP contribution in [0.1, 0.15) is 167 Å². The third-order valence-corrected chi connectivity index (χ3v) is 16.7. The Hall–Kier alpha value is -2.54. The molecule has 10 nitrogen and oxygen atoms in total. The number of rotatable bonds is 20. The van der Waals surface area contributed by atoms with Crippen LogP contribution in [0.2, 0.25) is 0 Å². The third kappa shape index (κ3) is 8.88. The average molecular weight is 817 g/mol. The lowest BCUT2D eigenvalue weighted by Crippen LogP contribution is -2.52. The SMILES string of the molecule is CCCCCCCCS(=O)(=O)Nc1cc2c(cc1C1C(O)C(c3cc4c(cc3NS(=O)(=O)CCCCCCCC)N(C)C(C)C4(C)C)C1O)C(C)(C)C(C)N2C. The summed E-state index contributed by atoms with van der Waals surface area (Å²) < 4.78 is 60.2. The van der Waals surface area contributed by atoms with E-state index < -0.39 is 44.1 Å². The standard InChI is InChI=1S/C44H72N4O6S2/c1-11-13-15-17-19-21-23-55(51,52)45-35-27-37-33(43(5,6)29(3)47(37)9)25-31(35)39-41(49)40(42(39)50)32-26-34-38(48(10)30(4)44(34,7)8)28-36(32)46-56(53,54)24-22-20-18-16-14-12-2/h25-30,39-42,45-46,49-50H,11-24H2,1-10H3. The lowest BCUT2D eigenvalue weighted by molar-refractivity contribution is -0.0781. The lowest BCUT2D eigenvalue weighted by Gasteiger charge is -2.48. The van der Waals surface area contributed by atoms with Gasteiger partial charge in [0.25, 0.3) is 0 Å². The molecule has 0 spiro atoms. The molecule has 0 aromatic heterocycles. The number of nitrogens with one attached hydrogen (secondary N) is 2. The molecule has 1 aliphatic carbocycles. The molecule has 1 fully saturated rings. The van der Waals surface area contributed by atoms with Crippen molar-refractivity contribution in [1.82, 2.24) is 0 Å². The van der Waals surface area contributed by atoms with Crippen LogP contribution in [0.15, 0.2) is 24.3 Å². The molecule has 2 heterocycles. The molecule has 3 aliphatic rings. The van der Waals surface area contributed by atoms with Gasteiger partial charge in [-0.3, -0.25) is 9.44 Å². The fourth-order valence-corrected chi connectivity index (χ4v) is 11.8. The highest BCUT2D eigenvalue weighted by molar-refractivity contribution is 7.92. The van der Waals surface area contributed by atoms with Crippen molar-refractivity contribution in [2.24, 2.45) is 0 Å². The number of benzene rings is 2. The number of hydrogen-bond donors (Lipinski definition) is 4. The molecule has 0 bridgehead atoms. The first-order valence-corrected chi connectivity index (χ1v) is 24.7. The maximum atomic E-state index is 13.6. The Kier molecular flexibility index (Phi) is 13.8. The Labute approximate surface area is 339 Å². The van der Waals surface area contributed by atoms with Crippen molar-refractivity contribution in [2.45, 2.75) is 179 Å². The van der Waals surface area contributed by atoms with Crippen LogP contribution in [-0.2, 0) is 30.9 Å². The van der Waals surface area contributed by atoms with Gasteiger partial charge in [-0.1, -0.05) is 118 Å². The molecule has 5 rings (SSSR count). The summed E-state index contributed by atoms with van der Waals surface area (Å²) in [5, 5.41) is 24.4. The monoisotopic (exact) mass is 816 g/mol. The lowest BCUT2D eigenvalue weighted by atomic mass is 9.62. The van der Waals surface area contributed by atoms with Gasteiger partial charge in [-0.15, -0.1) is 0 Å². The Morgan fingerprint density at radius 3 is 1.23 bits per heavy atom. The molecular weight excluding hydrogens is 745 g/mol. The Morgan fingerprint density at radius 1 is 0.571 bits per heavy atom. The summed E-state index contributed by atoms with van der Waals surface area (Å²) in [5.74, 6) is -1.62. The summed E-state index contributed by atoms with van der Waals surface area (Å²) in [5.41, 5.74) is 5.22. The Balaban J connectivity index is 1.50. The van der Waals surface area contributed by atoms with Gasteiger partial charge in [0.15, 0.2) is 0 Å². The van der Waals surface area contributed by atoms with E-state index in [4.69, 9.17) is 0 Å². The van der Waals surface area contributed by atoms with Crippen LogP contribution in [0.5, 0.6) is 0 Å². The molecule has 316 valence electrons. The molecule has 12 heteroatoms. The molecule has 0 saturated heterocycles. The third-order valence-electron chi connectivity index (χ3n) is 14.0. The van der Waals surface area contributed by atoms with Crippen LogP contribution < -0.4 is 19.2 Å². The summed E-state index contributed by atoms with van der Waals surface area (Å²) in [6, 6.07) is 7.98. The van der Waals surface area contributed by atoms with E-state index in [0.29, 0.717) is 35.3 Å². The zero-order valence-corrected chi connectivity index (χ0v) is 37.5. The normalized spacial score (nSPS) is 25.2. The molecule has 2 atom stereocenters. The predicted molar refractivity (Wildman–Crippen MR) is 234 cm³/mol. The van der Waals surface area contributed by atoms with Crippen LogP contribution in [-0.4, -0.2) is 76.9 Å². The molecule has 0 radical (unpaired) electrons.